The van der Waals surface area contributed by atoms with Crippen molar-refractivity contribution in [3.8, 4) is 0 Å². The number of nitrogens with one attached hydrogen (secondary N) is 1. The van der Waals surface area contributed by atoms with Crippen LogP contribution < -0.4 is 5.73 Å². The Bertz CT molecular complexity index is 261. The molecule has 0 saturated heterocycles. The van der Waals surface area contributed by atoms with Gasteiger partial charge < -0.3 is 5.73 Å². The lowest BCUT2D eigenvalue weighted by Gasteiger charge is -2.06. The van der Waals surface area contributed by atoms with Crippen molar-refractivity contribution in [2.45, 2.75) is 17.2 Å². The van der Waals surface area contributed by atoms with Crippen LogP contribution >= 0.6 is 11.8 Å². The molecule has 1 unspecified atom stereocenters. The lowest BCUT2D eigenvalue weighted by Crippen LogP contribution is -2.21. The van der Waals surface area contributed by atoms with Gasteiger partial charge in [0.2, 0.25) is 0 Å². The Hall–Kier alpha value is -1.10. The van der Waals surface area contributed by atoms with Crippen LogP contribution in [0.1, 0.15) is 6.92 Å². The van der Waals surface area contributed by atoms with E-state index in [-0.39, 0.29) is 11.1 Å². The Morgan fingerprint density at radius 2 is 2.50 bits per heavy atom. The number of hydrogen-bond acceptors (Lipinski definition) is 4. The minimum absolute atomic E-state index is 0.0279. The largest absolute Gasteiger partial charge is 0.387 e. The third-order valence-electron chi connectivity index (χ3n) is 1.29. The summed E-state index contributed by atoms with van der Waals surface area (Å²) in [5.41, 5.74) is 5.30. The number of nitrogens with zero attached hydrogens (tertiary/aromatic N) is 2. The second kappa shape index (κ2) is 4.06. The fourth-order valence-corrected chi connectivity index (χ4v) is 1.33. The van der Waals surface area contributed by atoms with Crippen molar-refractivity contribution in [3.05, 3.63) is 18.6 Å². The van der Waals surface area contributed by atoms with E-state index < -0.39 is 0 Å². The highest BCUT2D eigenvalue weighted by atomic mass is 32.2. The van der Waals surface area contributed by atoms with Crippen molar-refractivity contribution in [1.82, 2.24) is 9.97 Å². The zero-order chi connectivity index (χ0) is 8.97. The number of thioether (sulfide) groups is 1. The van der Waals surface area contributed by atoms with Crippen LogP contribution in [0.4, 0.5) is 0 Å². The smallest absolute Gasteiger partial charge is 0.116 e. The number of rotatable bonds is 3. The van der Waals surface area contributed by atoms with E-state index in [2.05, 4.69) is 9.97 Å². The third-order valence-corrected chi connectivity index (χ3v) is 2.38. The Balaban J connectivity index is 2.58. The van der Waals surface area contributed by atoms with Crippen molar-refractivity contribution in [3.63, 3.8) is 0 Å². The van der Waals surface area contributed by atoms with Crippen molar-refractivity contribution in [2.24, 2.45) is 5.73 Å². The molecule has 0 saturated carbocycles. The summed E-state index contributed by atoms with van der Waals surface area (Å²) in [4.78, 5) is 7.79. The van der Waals surface area contributed by atoms with E-state index in [9.17, 15) is 0 Å². The van der Waals surface area contributed by atoms with Crippen LogP contribution in [0.15, 0.2) is 23.6 Å². The molecule has 0 bridgehead atoms. The summed E-state index contributed by atoms with van der Waals surface area (Å²) in [7, 11) is 0. The van der Waals surface area contributed by atoms with Gasteiger partial charge in [-0.3, -0.25) is 5.41 Å². The van der Waals surface area contributed by atoms with E-state index in [0.29, 0.717) is 0 Å². The SMILES string of the molecule is CC(Sc1ccncn1)C(=N)N. The first-order valence-corrected chi connectivity index (χ1v) is 4.34. The standard InChI is InChI=1S/C7H10N4S/c1-5(7(8)9)12-6-2-3-10-4-11-6/h2-5H,1H3,(H3,8,9). The van der Waals surface area contributed by atoms with Crippen LogP contribution in [-0.4, -0.2) is 21.1 Å². The molecule has 1 atom stereocenters. The maximum Gasteiger partial charge on any atom is 0.116 e. The van der Waals surface area contributed by atoms with Crippen LogP contribution in [-0.2, 0) is 0 Å². The summed E-state index contributed by atoms with van der Waals surface area (Å²) in [5.74, 6) is 0.165. The molecule has 1 heterocycles. The topological polar surface area (TPSA) is 75.7 Å². The number of nitrogens with two attached hydrogens (primary N) is 1. The quantitative estimate of drug-likeness (QED) is 0.315. The zero-order valence-electron chi connectivity index (χ0n) is 6.69. The molecule has 1 aromatic heterocycles. The summed E-state index contributed by atoms with van der Waals surface area (Å²) in [6.07, 6.45) is 3.15. The molecule has 5 heteroatoms. The van der Waals surface area contributed by atoms with Gasteiger partial charge in [0.15, 0.2) is 0 Å². The summed E-state index contributed by atoms with van der Waals surface area (Å²) in [6, 6.07) is 1.80. The minimum Gasteiger partial charge on any atom is -0.387 e. The predicted molar refractivity (Wildman–Crippen MR) is 49.3 cm³/mol. The Kier molecular flexibility index (Phi) is 3.04. The highest BCUT2D eigenvalue weighted by molar-refractivity contribution is 8.00. The molecule has 3 N–H and O–H groups in total. The Labute approximate surface area is 75.1 Å². The van der Waals surface area contributed by atoms with Crippen LogP contribution in [0, 0.1) is 5.41 Å². The first-order valence-electron chi connectivity index (χ1n) is 3.46. The molecule has 12 heavy (non-hydrogen) atoms. The van der Waals surface area contributed by atoms with Gasteiger partial charge in [0, 0.05) is 6.20 Å². The van der Waals surface area contributed by atoms with Crippen LogP contribution in [0.5, 0.6) is 0 Å². The van der Waals surface area contributed by atoms with E-state index >= 15 is 0 Å². The monoisotopic (exact) mass is 182 g/mol. The van der Waals surface area contributed by atoms with Crippen molar-refractivity contribution in [1.29, 1.82) is 5.41 Å². The van der Waals surface area contributed by atoms with Gasteiger partial charge in [0.25, 0.3) is 0 Å². The van der Waals surface area contributed by atoms with Crippen molar-refractivity contribution in [2.75, 3.05) is 0 Å². The Morgan fingerprint density at radius 3 is 3.00 bits per heavy atom. The number of aromatic nitrogens is 2. The number of hydrogen-bond donors (Lipinski definition) is 2. The van der Waals surface area contributed by atoms with Crippen molar-refractivity contribution < 1.29 is 0 Å². The summed E-state index contributed by atoms with van der Waals surface area (Å²) < 4.78 is 0. The lowest BCUT2D eigenvalue weighted by molar-refractivity contribution is 1.04. The molecule has 0 amide bonds. The minimum atomic E-state index is -0.0279. The van der Waals surface area contributed by atoms with Gasteiger partial charge in [0.05, 0.1) is 5.25 Å². The van der Waals surface area contributed by atoms with E-state index in [1.807, 2.05) is 6.92 Å². The fourth-order valence-electron chi connectivity index (χ4n) is 0.593. The van der Waals surface area contributed by atoms with Gasteiger partial charge in [-0.1, -0.05) is 11.8 Å². The second-order valence-electron chi connectivity index (χ2n) is 2.26. The molecule has 0 fully saturated rings. The molecule has 0 aliphatic heterocycles. The molecule has 0 spiro atoms. The van der Waals surface area contributed by atoms with E-state index in [1.165, 1.54) is 18.1 Å². The van der Waals surface area contributed by atoms with E-state index in [1.54, 1.807) is 12.3 Å². The first-order chi connectivity index (χ1) is 5.70. The molecule has 0 aliphatic rings. The molecule has 4 nitrogen and oxygen atoms in total. The third kappa shape index (κ3) is 2.50. The molecule has 0 aliphatic carbocycles. The molecule has 0 aromatic carbocycles. The van der Waals surface area contributed by atoms with Crippen molar-refractivity contribution >= 4 is 17.6 Å². The Morgan fingerprint density at radius 1 is 1.75 bits per heavy atom. The zero-order valence-corrected chi connectivity index (χ0v) is 7.51. The van der Waals surface area contributed by atoms with Crippen LogP contribution in [0.25, 0.3) is 0 Å². The summed E-state index contributed by atoms with van der Waals surface area (Å²) >= 11 is 1.45. The lowest BCUT2D eigenvalue weighted by atomic mass is 10.4. The molecular formula is C7H10N4S. The van der Waals surface area contributed by atoms with Gasteiger partial charge in [-0.15, -0.1) is 0 Å². The summed E-state index contributed by atoms with van der Waals surface area (Å²) in [6.45, 7) is 1.87. The predicted octanol–water partition coefficient (Wildman–Crippen LogP) is 0.893. The van der Waals surface area contributed by atoms with Gasteiger partial charge >= 0.3 is 0 Å². The van der Waals surface area contributed by atoms with Crippen LogP contribution in [0.3, 0.4) is 0 Å². The van der Waals surface area contributed by atoms with Gasteiger partial charge in [0.1, 0.15) is 17.2 Å². The average molecular weight is 182 g/mol. The molecule has 1 aromatic rings. The highest BCUT2D eigenvalue weighted by Gasteiger charge is 2.06. The average Bonchev–Trinajstić information content (AvgIpc) is 2.06. The number of amidine groups is 1. The maximum absolute atomic E-state index is 7.16. The first kappa shape index (κ1) is 8.99. The molecule has 0 radical (unpaired) electrons. The second-order valence-corrected chi connectivity index (χ2v) is 3.62. The van der Waals surface area contributed by atoms with Gasteiger partial charge in [-0.25, -0.2) is 9.97 Å². The summed E-state index contributed by atoms with van der Waals surface area (Å²) in [5, 5.41) is 7.98. The van der Waals surface area contributed by atoms with Crippen LogP contribution in [0.2, 0.25) is 0 Å². The van der Waals surface area contributed by atoms with Gasteiger partial charge in [-0.05, 0) is 13.0 Å². The van der Waals surface area contributed by atoms with E-state index in [0.717, 1.165) is 5.03 Å². The molecule has 64 valence electrons. The molecular weight excluding hydrogens is 172 g/mol. The fraction of sp³-hybridized carbons (Fsp3) is 0.286. The van der Waals surface area contributed by atoms with Gasteiger partial charge in [-0.2, -0.15) is 0 Å². The highest BCUT2D eigenvalue weighted by Crippen LogP contribution is 2.19. The van der Waals surface area contributed by atoms with E-state index in [4.69, 9.17) is 11.1 Å². The molecule has 1 rings (SSSR count). The normalized spacial score (nSPS) is 12.4. The maximum atomic E-state index is 7.16.